The van der Waals surface area contributed by atoms with Gasteiger partial charge in [-0.15, -0.1) is 0 Å². The molecule has 5 nitrogen and oxygen atoms in total. The zero-order chi connectivity index (χ0) is 38.6. The maximum absolute atomic E-state index is 6.79. The molecule has 0 bridgehead atoms. The summed E-state index contributed by atoms with van der Waals surface area (Å²) in [5.41, 5.74) is 12.3. The minimum Gasteiger partial charge on any atom is -0.455 e. The average molecular weight is 753 g/mol. The van der Waals surface area contributed by atoms with Gasteiger partial charge in [-0.25, -0.2) is 9.97 Å². The van der Waals surface area contributed by atoms with E-state index in [0.29, 0.717) is 5.82 Å². The van der Waals surface area contributed by atoms with E-state index in [-0.39, 0.29) is 0 Å². The number of rotatable bonds is 4. The molecule has 9 aromatic carbocycles. The average Bonchev–Trinajstić information content (AvgIpc) is 3.96. The predicted octanol–water partition coefficient (Wildman–Crippen LogP) is 14.2. The Bertz CT molecular complexity index is 3830. The molecule has 0 saturated carbocycles. The Morgan fingerprint density at radius 3 is 1.95 bits per heavy atom. The highest BCUT2D eigenvalue weighted by Gasteiger charge is 2.25. The molecule has 0 aliphatic heterocycles. The SMILES string of the molecule is c1ccc(-c2nc(-c3ccc(-n4c5ccc6c7ccccc7oc6c5c5ccc6c7ccccc7n(-c7cccc8ccccc78)c6c54)cc3)nc3ccccc23)cc1. The summed E-state index contributed by atoms with van der Waals surface area (Å²) in [6.07, 6.45) is 0. The van der Waals surface area contributed by atoms with Crippen LogP contribution in [0.15, 0.2) is 199 Å². The molecule has 13 rings (SSSR count). The molecule has 5 heteroatoms. The fraction of sp³-hybridized carbons (Fsp3) is 0. The molecular weight excluding hydrogens is 721 g/mol. The van der Waals surface area contributed by atoms with Gasteiger partial charge < -0.3 is 13.6 Å². The van der Waals surface area contributed by atoms with Crippen LogP contribution >= 0.6 is 0 Å². The van der Waals surface area contributed by atoms with Crippen LogP contribution in [0.4, 0.5) is 0 Å². The van der Waals surface area contributed by atoms with Crippen molar-refractivity contribution in [1.29, 1.82) is 0 Å². The smallest absolute Gasteiger partial charge is 0.160 e. The van der Waals surface area contributed by atoms with Crippen LogP contribution < -0.4 is 0 Å². The highest BCUT2D eigenvalue weighted by molar-refractivity contribution is 6.29. The number of nitrogens with zero attached hydrogens (tertiary/aromatic N) is 4. The van der Waals surface area contributed by atoms with Crippen LogP contribution in [0.3, 0.4) is 0 Å². The van der Waals surface area contributed by atoms with Crippen molar-refractivity contribution in [2.75, 3.05) is 0 Å². The Hall–Kier alpha value is -8.02. The highest BCUT2D eigenvalue weighted by Crippen LogP contribution is 2.46. The summed E-state index contributed by atoms with van der Waals surface area (Å²) in [5, 5.41) is 10.3. The lowest BCUT2D eigenvalue weighted by Gasteiger charge is -2.15. The molecular formula is C54H32N4O. The van der Waals surface area contributed by atoms with E-state index in [4.69, 9.17) is 14.4 Å². The predicted molar refractivity (Wildman–Crippen MR) is 244 cm³/mol. The van der Waals surface area contributed by atoms with Crippen LogP contribution in [0.2, 0.25) is 0 Å². The minimum atomic E-state index is 0.693. The van der Waals surface area contributed by atoms with Crippen molar-refractivity contribution in [3.63, 3.8) is 0 Å². The molecule has 0 atom stereocenters. The zero-order valence-electron chi connectivity index (χ0n) is 31.7. The monoisotopic (exact) mass is 752 g/mol. The number of aromatic nitrogens is 4. The second-order valence-electron chi connectivity index (χ2n) is 15.3. The molecule has 0 spiro atoms. The van der Waals surface area contributed by atoms with Gasteiger partial charge in [0.15, 0.2) is 5.82 Å². The third-order valence-electron chi connectivity index (χ3n) is 12.1. The first kappa shape index (κ1) is 32.1. The van der Waals surface area contributed by atoms with Gasteiger partial charge in [-0.1, -0.05) is 133 Å². The van der Waals surface area contributed by atoms with Crippen molar-refractivity contribution < 1.29 is 4.42 Å². The van der Waals surface area contributed by atoms with Crippen LogP contribution in [0, 0.1) is 0 Å². The van der Waals surface area contributed by atoms with Crippen molar-refractivity contribution in [3.8, 4) is 34.0 Å². The standard InChI is InChI=1S/C54H32N4O/c1-2-14-34(15-3-1)50-42-20-6-9-21-44(42)55-54(56-50)35-25-27-36(28-26-35)57-47-32-31-41-39-19-8-11-24-48(39)59-53(41)49(47)43-30-29-40-38-18-7-10-22-46(38)58(51(40)52(43)57)45-23-12-16-33-13-4-5-17-37(33)45/h1-32H. The van der Waals surface area contributed by atoms with E-state index in [9.17, 15) is 0 Å². The van der Waals surface area contributed by atoms with Crippen LogP contribution in [-0.2, 0) is 0 Å². The first-order valence-electron chi connectivity index (χ1n) is 20.0. The number of para-hydroxylation sites is 3. The topological polar surface area (TPSA) is 48.8 Å². The minimum absolute atomic E-state index is 0.693. The molecule has 0 aliphatic carbocycles. The lowest BCUT2D eigenvalue weighted by atomic mass is 10.1. The van der Waals surface area contributed by atoms with Crippen molar-refractivity contribution in [2.24, 2.45) is 0 Å². The van der Waals surface area contributed by atoms with Crippen molar-refractivity contribution in [3.05, 3.63) is 194 Å². The van der Waals surface area contributed by atoms with E-state index >= 15 is 0 Å². The summed E-state index contributed by atoms with van der Waals surface area (Å²) in [4.78, 5) is 10.3. The summed E-state index contributed by atoms with van der Waals surface area (Å²) in [6, 6.07) is 68.9. The first-order valence-corrected chi connectivity index (χ1v) is 20.0. The largest absolute Gasteiger partial charge is 0.455 e. The molecule has 0 amide bonds. The molecule has 0 aliphatic rings. The van der Waals surface area contributed by atoms with E-state index in [1.807, 2.05) is 24.3 Å². The van der Waals surface area contributed by atoms with Gasteiger partial charge in [0, 0.05) is 54.5 Å². The van der Waals surface area contributed by atoms with Crippen molar-refractivity contribution >= 4 is 87.2 Å². The molecule has 0 N–H and O–H groups in total. The molecule has 0 radical (unpaired) electrons. The highest BCUT2D eigenvalue weighted by atomic mass is 16.3. The molecule has 4 aromatic heterocycles. The van der Waals surface area contributed by atoms with Crippen LogP contribution in [0.5, 0.6) is 0 Å². The van der Waals surface area contributed by atoms with Gasteiger partial charge in [0.2, 0.25) is 0 Å². The second-order valence-corrected chi connectivity index (χ2v) is 15.3. The molecule has 0 unspecified atom stereocenters. The first-order chi connectivity index (χ1) is 29.3. The fourth-order valence-corrected chi connectivity index (χ4v) is 9.52. The summed E-state index contributed by atoms with van der Waals surface area (Å²) in [6.45, 7) is 0. The van der Waals surface area contributed by atoms with Crippen LogP contribution in [0.1, 0.15) is 0 Å². The Labute approximate surface area is 337 Å². The van der Waals surface area contributed by atoms with Crippen LogP contribution in [-0.4, -0.2) is 19.1 Å². The van der Waals surface area contributed by atoms with E-state index in [1.165, 1.54) is 21.5 Å². The molecule has 4 heterocycles. The third-order valence-corrected chi connectivity index (χ3v) is 12.1. The van der Waals surface area contributed by atoms with Gasteiger partial charge in [0.1, 0.15) is 11.2 Å². The number of fused-ring (bicyclic) bond motifs is 13. The van der Waals surface area contributed by atoms with E-state index < -0.39 is 0 Å². The van der Waals surface area contributed by atoms with Crippen molar-refractivity contribution in [1.82, 2.24) is 19.1 Å². The molecule has 13 aromatic rings. The summed E-state index contributed by atoms with van der Waals surface area (Å²) in [5.74, 6) is 0.693. The van der Waals surface area contributed by atoms with E-state index in [1.54, 1.807) is 0 Å². The van der Waals surface area contributed by atoms with Crippen molar-refractivity contribution in [2.45, 2.75) is 0 Å². The van der Waals surface area contributed by atoms with E-state index in [2.05, 4.69) is 179 Å². The third kappa shape index (κ3) is 4.61. The quantitative estimate of drug-likeness (QED) is 0.180. The maximum Gasteiger partial charge on any atom is 0.160 e. The fourth-order valence-electron chi connectivity index (χ4n) is 9.52. The second kappa shape index (κ2) is 12.2. The lowest BCUT2D eigenvalue weighted by molar-refractivity contribution is 0.673. The Balaban J connectivity index is 1.13. The number of furan rings is 1. The molecule has 0 saturated heterocycles. The summed E-state index contributed by atoms with van der Waals surface area (Å²) < 4.78 is 11.7. The van der Waals surface area contributed by atoms with Gasteiger partial charge >= 0.3 is 0 Å². The van der Waals surface area contributed by atoms with Gasteiger partial charge in [0.05, 0.1) is 44.4 Å². The van der Waals surface area contributed by atoms with Crippen LogP contribution in [0.25, 0.3) is 121 Å². The normalized spacial score (nSPS) is 12.1. The molecule has 59 heavy (non-hydrogen) atoms. The Kier molecular flexibility index (Phi) is 6.66. The Morgan fingerprint density at radius 2 is 1.07 bits per heavy atom. The Morgan fingerprint density at radius 1 is 0.390 bits per heavy atom. The molecule has 274 valence electrons. The number of hydrogen-bond acceptors (Lipinski definition) is 3. The zero-order valence-corrected chi connectivity index (χ0v) is 31.7. The van der Waals surface area contributed by atoms with Gasteiger partial charge in [-0.3, -0.25) is 0 Å². The maximum atomic E-state index is 6.79. The van der Waals surface area contributed by atoms with Gasteiger partial charge in [0.25, 0.3) is 0 Å². The summed E-state index contributed by atoms with van der Waals surface area (Å²) in [7, 11) is 0. The summed E-state index contributed by atoms with van der Waals surface area (Å²) >= 11 is 0. The number of hydrogen-bond donors (Lipinski definition) is 0. The van der Waals surface area contributed by atoms with Gasteiger partial charge in [-0.05, 0) is 66.0 Å². The molecule has 0 fully saturated rings. The lowest BCUT2D eigenvalue weighted by Crippen LogP contribution is -2.00. The van der Waals surface area contributed by atoms with E-state index in [0.717, 1.165) is 93.9 Å². The number of benzene rings is 9. The van der Waals surface area contributed by atoms with Gasteiger partial charge in [-0.2, -0.15) is 0 Å².